The minimum Gasteiger partial charge on any atom is -0.373 e. The Hall–Kier alpha value is -4.66. The van der Waals surface area contributed by atoms with Crippen molar-refractivity contribution in [3.05, 3.63) is 101 Å². The number of aromatic nitrogens is 5. The van der Waals surface area contributed by atoms with Crippen molar-refractivity contribution in [2.75, 3.05) is 23.7 Å². The zero-order chi connectivity index (χ0) is 31.7. The minimum atomic E-state index is -1.21. The van der Waals surface area contributed by atoms with Crippen molar-refractivity contribution in [2.45, 2.75) is 51.2 Å². The lowest BCUT2D eigenvalue weighted by Gasteiger charge is -2.40. The van der Waals surface area contributed by atoms with Gasteiger partial charge in [0.1, 0.15) is 11.8 Å². The summed E-state index contributed by atoms with van der Waals surface area (Å²) in [5, 5.41) is 26.4. The summed E-state index contributed by atoms with van der Waals surface area (Å²) in [6.07, 6.45) is 6.51. The Kier molecular flexibility index (Phi) is 8.36. The maximum Gasteiger partial charge on any atom is 0.249 e. The molecule has 0 saturated carbocycles. The van der Waals surface area contributed by atoms with Crippen LogP contribution in [-0.2, 0) is 0 Å². The minimum absolute atomic E-state index is 0.132. The van der Waals surface area contributed by atoms with Crippen LogP contribution in [0.15, 0.2) is 67.1 Å². The highest BCUT2D eigenvalue weighted by Gasteiger charge is 2.29. The Morgan fingerprint density at radius 1 is 1.02 bits per heavy atom. The molecule has 9 nitrogen and oxygen atoms in total. The van der Waals surface area contributed by atoms with Gasteiger partial charge in [-0.25, -0.2) is 14.1 Å². The first kappa shape index (κ1) is 30.4. The largest absolute Gasteiger partial charge is 0.373 e. The van der Waals surface area contributed by atoms with Gasteiger partial charge in [0, 0.05) is 42.0 Å². The Morgan fingerprint density at radius 2 is 1.78 bits per heavy atom. The summed E-state index contributed by atoms with van der Waals surface area (Å²) >= 11 is 6.73. The predicted molar refractivity (Wildman–Crippen MR) is 170 cm³/mol. The Balaban J connectivity index is 1.35. The molecule has 0 bridgehead atoms. The van der Waals surface area contributed by atoms with Crippen LogP contribution in [0.2, 0.25) is 5.02 Å². The summed E-state index contributed by atoms with van der Waals surface area (Å²) in [6.45, 7) is 8.72. The number of hydrogen-bond donors (Lipinski definition) is 2. The number of fused-ring (bicyclic) bond motifs is 1. The Labute approximate surface area is 264 Å². The van der Waals surface area contributed by atoms with E-state index in [4.69, 9.17) is 11.6 Å². The van der Waals surface area contributed by atoms with Gasteiger partial charge in [-0.1, -0.05) is 47.1 Å². The summed E-state index contributed by atoms with van der Waals surface area (Å²) in [5.74, 6) is -2.33. The molecular weight excluding hydrogens is 596 g/mol. The lowest BCUT2D eigenvalue weighted by molar-refractivity contribution is 0.0866. The molecule has 0 unspecified atom stereocenters. The molecule has 0 aliphatic carbocycles. The second kappa shape index (κ2) is 12.4. The van der Waals surface area contributed by atoms with E-state index in [9.17, 15) is 14.0 Å². The van der Waals surface area contributed by atoms with Gasteiger partial charge in [0.25, 0.3) is 0 Å². The van der Waals surface area contributed by atoms with Crippen LogP contribution in [-0.4, -0.2) is 48.5 Å². The zero-order valence-electron chi connectivity index (χ0n) is 25.1. The van der Waals surface area contributed by atoms with Crippen LogP contribution in [0.1, 0.15) is 62.5 Å². The first-order valence-corrected chi connectivity index (χ1v) is 15.1. The van der Waals surface area contributed by atoms with Crippen molar-refractivity contribution in [1.82, 2.24) is 29.9 Å². The maximum absolute atomic E-state index is 14.0. The third kappa shape index (κ3) is 6.43. The molecule has 6 rings (SSSR count). The van der Waals surface area contributed by atoms with E-state index in [1.54, 1.807) is 6.07 Å². The molecule has 1 fully saturated rings. The highest BCUT2D eigenvalue weighted by molar-refractivity contribution is 6.36. The number of pyridine rings is 2. The van der Waals surface area contributed by atoms with E-state index in [-0.39, 0.29) is 28.9 Å². The van der Waals surface area contributed by atoms with E-state index in [2.05, 4.69) is 62.7 Å². The molecule has 1 aliphatic rings. The van der Waals surface area contributed by atoms with Crippen molar-refractivity contribution >= 4 is 39.6 Å². The molecule has 1 aliphatic heterocycles. The first-order valence-electron chi connectivity index (χ1n) is 14.7. The fourth-order valence-electron chi connectivity index (χ4n) is 5.74. The van der Waals surface area contributed by atoms with Gasteiger partial charge in [0.2, 0.25) is 5.95 Å². The average Bonchev–Trinajstić information content (AvgIpc) is 3.52. The van der Waals surface area contributed by atoms with Crippen LogP contribution in [0.5, 0.6) is 0 Å². The Morgan fingerprint density at radius 3 is 2.47 bits per heavy atom. The molecule has 4 heterocycles. The van der Waals surface area contributed by atoms with Crippen LogP contribution in [0.3, 0.4) is 0 Å². The quantitative estimate of drug-likeness (QED) is 0.180. The summed E-state index contributed by atoms with van der Waals surface area (Å²) < 4.78 is 29.4. The van der Waals surface area contributed by atoms with Gasteiger partial charge in [-0.15, -0.1) is 5.10 Å². The molecule has 5 aromatic rings. The number of nitrogens with zero attached hydrogens (tertiary/aromatic N) is 7. The van der Waals surface area contributed by atoms with Crippen LogP contribution in [0, 0.1) is 23.1 Å². The monoisotopic (exact) mass is 627 g/mol. The van der Waals surface area contributed by atoms with Gasteiger partial charge in [0.05, 0.1) is 52.0 Å². The third-order valence-electron chi connectivity index (χ3n) is 8.17. The van der Waals surface area contributed by atoms with E-state index in [0.29, 0.717) is 27.3 Å². The summed E-state index contributed by atoms with van der Waals surface area (Å²) in [6, 6.07) is 16.4. The lowest BCUT2D eigenvalue weighted by Crippen LogP contribution is -2.46. The molecule has 45 heavy (non-hydrogen) atoms. The highest BCUT2D eigenvalue weighted by atomic mass is 35.5. The average molecular weight is 628 g/mol. The normalized spacial score (nSPS) is 15.1. The number of likely N-dealkylation sites (tertiary alicyclic amines) is 1. The fraction of sp³-hybridized carbons (Fsp3) is 0.303. The molecule has 2 N–H and O–H groups in total. The summed E-state index contributed by atoms with van der Waals surface area (Å²) in [4.78, 5) is 10.3. The molecule has 0 amide bonds. The van der Waals surface area contributed by atoms with Crippen LogP contribution < -0.4 is 10.6 Å². The molecular formula is C33H32ClF2N9. The van der Waals surface area contributed by atoms with Gasteiger partial charge in [-0.05, 0) is 51.3 Å². The maximum atomic E-state index is 14.0. The zero-order valence-corrected chi connectivity index (χ0v) is 25.9. The third-order valence-corrected chi connectivity index (χ3v) is 8.45. The van der Waals surface area contributed by atoms with Crippen molar-refractivity contribution < 1.29 is 8.78 Å². The van der Waals surface area contributed by atoms with Gasteiger partial charge in [-0.3, -0.25) is 9.88 Å². The van der Waals surface area contributed by atoms with E-state index >= 15 is 0 Å². The van der Waals surface area contributed by atoms with Crippen molar-refractivity contribution in [1.29, 1.82) is 5.26 Å². The van der Waals surface area contributed by atoms with Crippen LogP contribution >= 0.6 is 11.6 Å². The Bertz CT molecular complexity index is 1870. The predicted octanol–water partition coefficient (Wildman–Crippen LogP) is 7.41. The molecule has 230 valence electrons. The number of anilines is 3. The number of halogens is 3. The van der Waals surface area contributed by atoms with Crippen LogP contribution in [0.4, 0.5) is 25.8 Å². The molecule has 0 radical (unpaired) electrons. The van der Waals surface area contributed by atoms with Crippen LogP contribution in [0.25, 0.3) is 10.9 Å². The number of benzene rings is 2. The standard InChI is InChI=1S/C33H32ClF2N9/c1-33(2,3)44-11-9-24(10-12-44)45-19-28(42-43-45)30(20-7-5-4-6-8-20)40-22-13-25-29(41-23-15-27(35)32(36)39-18-23)21(16-37)17-38-31(25)26(34)14-22/h4-8,13-15,17-19,24,30,40H,9-12H2,1-3H3,(H,38,41)/t30-/m0/s1. The molecule has 3 aromatic heterocycles. The number of nitrogens with one attached hydrogen (secondary N) is 2. The van der Waals surface area contributed by atoms with Crippen molar-refractivity contribution in [2.24, 2.45) is 0 Å². The van der Waals surface area contributed by atoms with Gasteiger partial charge in [0.15, 0.2) is 5.82 Å². The van der Waals surface area contributed by atoms with E-state index < -0.39 is 11.8 Å². The number of hydrogen-bond acceptors (Lipinski definition) is 8. The first-order chi connectivity index (χ1) is 21.6. The molecule has 12 heteroatoms. The van der Waals surface area contributed by atoms with Gasteiger partial charge >= 0.3 is 0 Å². The van der Waals surface area contributed by atoms with E-state index in [0.717, 1.165) is 49.5 Å². The molecule has 1 atom stereocenters. The molecule has 1 saturated heterocycles. The topological polar surface area (TPSA) is 108 Å². The summed E-state index contributed by atoms with van der Waals surface area (Å²) in [7, 11) is 0. The van der Waals surface area contributed by atoms with Gasteiger partial charge in [-0.2, -0.15) is 9.65 Å². The second-order valence-electron chi connectivity index (χ2n) is 12.1. The van der Waals surface area contributed by atoms with E-state index in [1.807, 2.05) is 47.3 Å². The lowest BCUT2D eigenvalue weighted by atomic mass is 9.98. The number of nitriles is 1. The smallest absolute Gasteiger partial charge is 0.249 e. The molecule has 0 spiro atoms. The van der Waals surface area contributed by atoms with Gasteiger partial charge < -0.3 is 10.6 Å². The fourth-order valence-corrected chi connectivity index (χ4v) is 6.01. The number of rotatable bonds is 7. The highest BCUT2D eigenvalue weighted by Crippen LogP contribution is 2.37. The van der Waals surface area contributed by atoms with E-state index in [1.165, 1.54) is 6.20 Å². The van der Waals surface area contributed by atoms with Crippen molar-refractivity contribution in [3.8, 4) is 6.07 Å². The molecule has 2 aromatic carbocycles. The second-order valence-corrected chi connectivity index (χ2v) is 12.5. The number of piperidine rings is 1. The SMILES string of the molecule is CC(C)(C)N1CCC(n2cc([C@@H](Nc3cc(Cl)c4ncc(C#N)c(Nc5cnc(F)c(F)c5)c4c3)c3ccccc3)nn2)CC1. The van der Waals surface area contributed by atoms with Crippen molar-refractivity contribution in [3.63, 3.8) is 0 Å². The summed E-state index contributed by atoms with van der Waals surface area (Å²) in [5.41, 5.74) is 3.61.